The molecule has 1 aromatic heterocycles. The molecule has 37 heavy (non-hydrogen) atoms. The smallest absolute Gasteiger partial charge is 0.412 e. The van der Waals surface area contributed by atoms with Crippen LogP contribution in [0.25, 0.3) is 0 Å². The molecule has 2 amide bonds. The second-order valence-corrected chi connectivity index (χ2v) is 9.67. The van der Waals surface area contributed by atoms with Gasteiger partial charge in [-0.25, -0.2) is 14.4 Å². The fraction of sp³-hybridized carbons (Fsp3) is 0.682. The second-order valence-electron chi connectivity index (χ2n) is 9.67. The van der Waals surface area contributed by atoms with Crippen LogP contribution in [0.4, 0.5) is 15.4 Å². The first kappa shape index (κ1) is 30.0. The van der Waals surface area contributed by atoms with E-state index in [0.717, 1.165) is 9.47 Å². The molecule has 1 aliphatic heterocycles. The second kappa shape index (κ2) is 11.9. The Kier molecular flexibility index (Phi) is 9.60. The predicted molar refractivity (Wildman–Crippen MR) is 125 cm³/mol. The van der Waals surface area contributed by atoms with Gasteiger partial charge in [-0.3, -0.25) is 14.7 Å². The number of hydrogen-bond acceptors (Lipinski definition) is 12. The number of ether oxygens (including phenoxy) is 4. The molecule has 0 aromatic carbocycles. The van der Waals surface area contributed by atoms with Crippen molar-refractivity contribution in [2.24, 2.45) is 5.41 Å². The van der Waals surface area contributed by atoms with Gasteiger partial charge in [-0.2, -0.15) is 4.98 Å². The maximum absolute atomic E-state index is 12.4. The van der Waals surface area contributed by atoms with Crippen LogP contribution in [-0.4, -0.2) is 98.8 Å². The van der Waals surface area contributed by atoms with Crippen molar-refractivity contribution in [3.8, 4) is 0 Å². The molecule has 2 rings (SSSR count). The van der Waals surface area contributed by atoms with Crippen LogP contribution in [0, 0.1) is 5.41 Å². The topological polar surface area (TPSA) is 199 Å². The van der Waals surface area contributed by atoms with Crippen molar-refractivity contribution in [2.75, 3.05) is 32.1 Å². The Morgan fingerprint density at radius 2 is 1.97 bits per heavy atom. The SMILES string of the molecule is CC(OC(=O)N(C)CCOC(=O)Nc1ccn([C@@H]2O[C@H](CO)[C@@H](O)[C@@]2(C)O)c(=O)n1)OC(=O)C(C)(C)C. The van der Waals surface area contributed by atoms with Gasteiger partial charge in [-0.15, -0.1) is 0 Å². The molecule has 15 heteroatoms. The summed E-state index contributed by atoms with van der Waals surface area (Å²) in [6.45, 7) is 6.77. The standard InChI is InChI=1S/C22H34N4O11/c1-12(35-17(29)21(2,3)4)36-20(32)25(6)9-10-34-19(31)24-14-7-8-26(18(30)23-14)16-22(5,33)15(28)13(11-27)37-16/h7-8,12-13,15-16,27-28,33H,9-11H2,1-6H3,(H,23,24,30,31)/t12?,13-,15-,16-,22-/m1/s1. The van der Waals surface area contributed by atoms with E-state index in [9.17, 15) is 34.5 Å². The van der Waals surface area contributed by atoms with Crippen molar-refractivity contribution < 1.29 is 48.7 Å². The van der Waals surface area contributed by atoms with Gasteiger partial charge in [-0.05, 0) is 33.8 Å². The zero-order valence-corrected chi connectivity index (χ0v) is 21.5. The highest BCUT2D eigenvalue weighted by Gasteiger charge is 2.53. The normalized spacial score (nSPS) is 24.2. The lowest BCUT2D eigenvalue weighted by Crippen LogP contribution is -2.46. The molecule has 5 atom stereocenters. The number of aliphatic hydroxyl groups excluding tert-OH is 2. The van der Waals surface area contributed by atoms with Crippen LogP contribution in [0.2, 0.25) is 0 Å². The Morgan fingerprint density at radius 3 is 2.51 bits per heavy atom. The molecule has 15 nitrogen and oxygen atoms in total. The molecule has 0 aliphatic carbocycles. The molecule has 1 aromatic rings. The number of likely N-dealkylation sites (N-methyl/N-ethyl adjacent to an activating group) is 1. The van der Waals surface area contributed by atoms with E-state index in [2.05, 4.69) is 10.3 Å². The van der Waals surface area contributed by atoms with E-state index >= 15 is 0 Å². The van der Waals surface area contributed by atoms with Crippen LogP contribution >= 0.6 is 0 Å². The lowest BCUT2D eigenvalue weighted by atomic mass is 9.96. The molecule has 0 saturated carbocycles. The fourth-order valence-corrected chi connectivity index (χ4v) is 3.14. The summed E-state index contributed by atoms with van der Waals surface area (Å²) >= 11 is 0. The number of aromatic nitrogens is 2. The summed E-state index contributed by atoms with van der Waals surface area (Å²) in [5, 5.41) is 32.1. The van der Waals surface area contributed by atoms with Crippen LogP contribution in [0.1, 0.15) is 40.8 Å². The van der Waals surface area contributed by atoms with E-state index in [1.807, 2.05) is 0 Å². The minimum Gasteiger partial charge on any atom is -0.447 e. The van der Waals surface area contributed by atoms with Gasteiger partial charge < -0.3 is 39.2 Å². The Bertz CT molecular complexity index is 1040. The number of esters is 1. The van der Waals surface area contributed by atoms with Gasteiger partial charge in [0, 0.05) is 20.2 Å². The van der Waals surface area contributed by atoms with Crippen LogP contribution in [-0.2, 0) is 23.7 Å². The van der Waals surface area contributed by atoms with Gasteiger partial charge in [-0.1, -0.05) is 0 Å². The van der Waals surface area contributed by atoms with Crippen LogP contribution in [0.15, 0.2) is 17.1 Å². The molecular formula is C22H34N4O11. The fourth-order valence-electron chi connectivity index (χ4n) is 3.14. The van der Waals surface area contributed by atoms with E-state index in [1.54, 1.807) is 20.8 Å². The first-order valence-corrected chi connectivity index (χ1v) is 11.4. The van der Waals surface area contributed by atoms with Crippen molar-refractivity contribution in [1.29, 1.82) is 0 Å². The first-order valence-electron chi connectivity index (χ1n) is 11.4. The number of rotatable bonds is 8. The third kappa shape index (κ3) is 7.61. The lowest BCUT2D eigenvalue weighted by molar-refractivity contribution is -0.175. The number of anilines is 1. The number of hydrogen-bond donors (Lipinski definition) is 4. The highest BCUT2D eigenvalue weighted by atomic mass is 16.7. The summed E-state index contributed by atoms with van der Waals surface area (Å²) in [5.74, 6) is -0.699. The Hall–Kier alpha value is -3.27. The van der Waals surface area contributed by atoms with E-state index in [4.69, 9.17) is 18.9 Å². The molecule has 0 radical (unpaired) electrons. The van der Waals surface area contributed by atoms with E-state index < -0.39 is 66.2 Å². The summed E-state index contributed by atoms with van der Waals surface area (Å²) < 4.78 is 21.3. The van der Waals surface area contributed by atoms with Gasteiger partial charge in [0.1, 0.15) is 30.2 Å². The third-order valence-corrected chi connectivity index (χ3v) is 5.37. The summed E-state index contributed by atoms with van der Waals surface area (Å²) in [7, 11) is 1.39. The van der Waals surface area contributed by atoms with Gasteiger partial charge in [0.05, 0.1) is 18.6 Å². The average molecular weight is 531 g/mol. The predicted octanol–water partition coefficient (Wildman–Crippen LogP) is -0.203. The molecule has 0 bridgehead atoms. The molecule has 4 N–H and O–H groups in total. The van der Waals surface area contributed by atoms with Gasteiger partial charge in [0.2, 0.25) is 6.29 Å². The molecule has 1 unspecified atom stereocenters. The van der Waals surface area contributed by atoms with Gasteiger partial charge >= 0.3 is 23.8 Å². The molecule has 0 spiro atoms. The third-order valence-electron chi connectivity index (χ3n) is 5.37. The quantitative estimate of drug-likeness (QED) is 0.255. The number of aliphatic hydroxyl groups is 3. The van der Waals surface area contributed by atoms with Crippen LogP contribution in [0.5, 0.6) is 0 Å². The summed E-state index contributed by atoms with van der Waals surface area (Å²) in [6.07, 6.45) is -5.56. The zero-order valence-electron chi connectivity index (χ0n) is 21.5. The molecule has 1 aliphatic rings. The Morgan fingerprint density at radius 1 is 1.32 bits per heavy atom. The molecular weight excluding hydrogens is 496 g/mol. The van der Waals surface area contributed by atoms with Crippen molar-refractivity contribution in [2.45, 2.75) is 64.9 Å². The Labute approximate surface area is 212 Å². The highest BCUT2D eigenvalue weighted by Crippen LogP contribution is 2.37. The summed E-state index contributed by atoms with van der Waals surface area (Å²) in [6, 6.07) is 1.24. The molecule has 208 valence electrons. The van der Waals surface area contributed by atoms with E-state index in [0.29, 0.717) is 0 Å². The van der Waals surface area contributed by atoms with E-state index in [1.165, 1.54) is 33.2 Å². The number of nitrogens with one attached hydrogen (secondary N) is 1. The monoisotopic (exact) mass is 530 g/mol. The largest absolute Gasteiger partial charge is 0.447 e. The zero-order chi connectivity index (χ0) is 28.1. The highest BCUT2D eigenvalue weighted by molar-refractivity contribution is 5.83. The molecule has 1 saturated heterocycles. The van der Waals surface area contributed by atoms with Gasteiger partial charge in [0.15, 0.2) is 6.23 Å². The average Bonchev–Trinajstić information content (AvgIpc) is 3.01. The minimum absolute atomic E-state index is 0.0519. The molecule has 2 heterocycles. The van der Waals surface area contributed by atoms with Crippen molar-refractivity contribution in [3.05, 3.63) is 22.7 Å². The number of carbonyl (C=O) groups excluding carboxylic acids is 3. The van der Waals surface area contributed by atoms with Crippen LogP contribution in [0.3, 0.4) is 0 Å². The number of amides is 2. The molecule has 1 fully saturated rings. The maximum Gasteiger partial charge on any atom is 0.412 e. The van der Waals surface area contributed by atoms with Gasteiger partial charge in [0.25, 0.3) is 0 Å². The van der Waals surface area contributed by atoms with Crippen molar-refractivity contribution >= 4 is 24.0 Å². The van der Waals surface area contributed by atoms with Crippen LogP contribution < -0.4 is 11.0 Å². The summed E-state index contributed by atoms with van der Waals surface area (Å²) in [5.41, 5.74) is -3.55. The maximum atomic E-state index is 12.4. The minimum atomic E-state index is -1.88. The van der Waals surface area contributed by atoms with E-state index in [-0.39, 0.29) is 19.0 Å². The Balaban J connectivity index is 1.84. The summed E-state index contributed by atoms with van der Waals surface area (Å²) in [4.78, 5) is 53.2. The number of nitrogens with zero attached hydrogens (tertiary/aromatic N) is 3. The number of carbonyl (C=O) groups is 3. The van der Waals surface area contributed by atoms with Crippen molar-refractivity contribution in [3.63, 3.8) is 0 Å². The lowest BCUT2D eigenvalue weighted by Gasteiger charge is -2.27. The van der Waals surface area contributed by atoms with Crippen molar-refractivity contribution in [1.82, 2.24) is 14.5 Å². The first-order chi connectivity index (χ1) is 17.1.